The van der Waals surface area contributed by atoms with Gasteiger partial charge in [-0.2, -0.15) is 0 Å². The summed E-state index contributed by atoms with van der Waals surface area (Å²) in [5.74, 6) is 0.815. The first-order chi connectivity index (χ1) is 7.13. The summed E-state index contributed by atoms with van der Waals surface area (Å²) in [5.41, 5.74) is 0.904. The molecule has 0 aliphatic carbocycles. The van der Waals surface area contributed by atoms with E-state index in [1.165, 1.54) is 13.0 Å². The molecular formula is C12H13BrO2. The highest BCUT2D eigenvalue weighted by atomic mass is 79.9. The van der Waals surface area contributed by atoms with E-state index in [0.29, 0.717) is 6.61 Å². The fourth-order valence-corrected chi connectivity index (χ4v) is 1.52. The molecule has 0 heterocycles. The van der Waals surface area contributed by atoms with E-state index in [9.17, 15) is 4.79 Å². The molecule has 0 aromatic heterocycles. The summed E-state index contributed by atoms with van der Waals surface area (Å²) >= 11 is 3.38. The van der Waals surface area contributed by atoms with Gasteiger partial charge in [-0.25, -0.2) is 0 Å². The van der Waals surface area contributed by atoms with E-state index >= 15 is 0 Å². The number of halogens is 1. The van der Waals surface area contributed by atoms with Gasteiger partial charge in [-0.15, -0.1) is 0 Å². The third-order valence-electron chi connectivity index (χ3n) is 1.77. The van der Waals surface area contributed by atoms with Crippen molar-refractivity contribution in [3.63, 3.8) is 0 Å². The van der Waals surface area contributed by atoms with Gasteiger partial charge in [-0.1, -0.05) is 15.9 Å². The minimum Gasteiger partial charge on any atom is -0.493 e. The van der Waals surface area contributed by atoms with Gasteiger partial charge in [0.2, 0.25) is 0 Å². The van der Waals surface area contributed by atoms with Gasteiger partial charge in [0, 0.05) is 10.0 Å². The number of benzene rings is 1. The number of carbonyl (C=O) groups is 1. The average Bonchev–Trinajstić information content (AvgIpc) is 2.18. The van der Waals surface area contributed by atoms with Crippen LogP contribution in [0.4, 0.5) is 0 Å². The van der Waals surface area contributed by atoms with Gasteiger partial charge in [0.1, 0.15) is 5.75 Å². The lowest BCUT2D eigenvalue weighted by molar-refractivity contribution is -0.112. The Morgan fingerprint density at radius 1 is 1.53 bits per heavy atom. The van der Waals surface area contributed by atoms with Crippen molar-refractivity contribution in [3.05, 3.63) is 34.3 Å². The standard InChI is InChI=1S/C12H13BrO2/c1-3-15-12-7-6-11(13)8-10(12)5-4-9(2)14/h4-8H,3H2,1-2H3. The van der Waals surface area contributed by atoms with Gasteiger partial charge in [0.15, 0.2) is 5.78 Å². The van der Waals surface area contributed by atoms with Crippen LogP contribution < -0.4 is 4.74 Å². The quantitative estimate of drug-likeness (QED) is 0.782. The Morgan fingerprint density at radius 3 is 2.87 bits per heavy atom. The lowest BCUT2D eigenvalue weighted by Gasteiger charge is -2.07. The van der Waals surface area contributed by atoms with E-state index in [1.54, 1.807) is 6.08 Å². The fraction of sp³-hybridized carbons (Fsp3) is 0.250. The Kier molecular flexibility index (Phi) is 4.56. The Hall–Kier alpha value is -1.09. The van der Waals surface area contributed by atoms with E-state index in [-0.39, 0.29) is 5.78 Å². The van der Waals surface area contributed by atoms with Gasteiger partial charge >= 0.3 is 0 Å². The predicted molar refractivity (Wildman–Crippen MR) is 65.0 cm³/mol. The molecule has 0 saturated carbocycles. The highest BCUT2D eigenvalue weighted by Crippen LogP contribution is 2.24. The van der Waals surface area contributed by atoms with Crippen molar-refractivity contribution >= 4 is 27.8 Å². The number of rotatable bonds is 4. The molecule has 80 valence electrons. The predicted octanol–water partition coefficient (Wildman–Crippen LogP) is 3.45. The van der Waals surface area contributed by atoms with Crippen LogP contribution >= 0.6 is 15.9 Å². The summed E-state index contributed by atoms with van der Waals surface area (Å²) in [7, 11) is 0. The number of ether oxygens (including phenoxy) is 1. The Labute approximate surface area is 98.1 Å². The topological polar surface area (TPSA) is 26.3 Å². The van der Waals surface area contributed by atoms with Gasteiger partial charge in [0.05, 0.1) is 6.61 Å². The summed E-state index contributed by atoms with van der Waals surface area (Å²) in [4.78, 5) is 10.8. The molecule has 0 bridgehead atoms. The zero-order valence-electron chi connectivity index (χ0n) is 8.79. The molecule has 0 atom stereocenters. The van der Waals surface area contributed by atoms with Crippen LogP contribution in [-0.2, 0) is 4.79 Å². The van der Waals surface area contributed by atoms with Crippen molar-refractivity contribution < 1.29 is 9.53 Å². The normalized spacial score (nSPS) is 10.6. The van der Waals surface area contributed by atoms with Crippen molar-refractivity contribution in [2.24, 2.45) is 0 Å². The number of hydrogen-bond acceptors (Lipinski definition) is 2. The van der Waals surface area contributed by atoms with Crippen molar-refractivity contribution in [3.8, 4) is 5.75 Å². The second-order valence-electron chi connectivity index (χ2n) is 3.06. The Morgan fingerprint density at radius 2 is 2.27 bits per heavy atom. The second-order valence-corrected chi connectivity index (χ2v) is 3.97. The molecule has 0 unspecified atom stereocenters. The molecule has 0 spiro atoms. The number of hydrogen-bond donors (Lipinski definition) is 0. The molecule has 0 aliphatic heterocycles. The van der Waals surface area contributed by atoms with Gasteiger partial charge in [-0.05, 0) is 44.2 Å². The smallest absolute Gasteiger partial charge is 0.152 e. The minimum atomic E-state index is 0.0254. The third-order valence-corrected chi connectivity index (χ3v) is 2.26. The van der Waals surface area contributed by atoms with Crippen molar-refractivity contribution in [2.75, 3.05) is 6.61 Å². The third kappa shape index (κ3) is 3.88. The SMILES string of the molecule is CCOc1ccc(Br)cc1C=CC(C)=O. The monoisotopic (exact) mass is 268 g/mol. The lowest BCUT2D eigenvalue weighted by Crippen LogP contribution is -1.94. The molecule has 0 saturated heterocycles. The summed E-state index contributed by atoms with van der Waals surface area (Å²) < 4.78 is 6.41. The zero-order valence-corrected chi connectivity index (χ0v) is 10.4. The van der Waals surface area contributed by atoms with E-state index in [2.05, 4.69) is 15.9 Å². The summed E-state index contributed by atoms with van der Waals surface area (Å²) in [6.07, 6.45) is 3.29. The van der Waals surface area contributed by atoms with Gasteiger partial charge in [-0.3, -0.25) is 4.79 Å². The van der Waals surface area contributed by atoms with Crippen LogP contribution in [0, 0.1) is 0 Å². The maximum atomic E-state index is 10.8. The highest BCUT2D eigenvalue weighted by molar-refractivity contribution is 9.10. The summed E-state index contributed by atoms with van der Waals surface area (Å²) in [6.45, 7) is 4.07. The molecule has 0 fully saturated rings. The van der Waals surface area contributed by atoms with Gasteiger partial charge < -0.3 is 4.74 Å². The van der Waals surface area contributed by atoms with Crippen LogP contribution in [0.25, 0.3) is 6.08 Å². The number of allylic oxidation sites excluding steroid dienone is 1. The fourth-order valence-electron chi connectivity index (χ4n) is 1.14. The van der Waals surface area contributed by atoms with E-state index in [4.69, 9.17) is 4.74 Å². The van der Waals surface area contributed by atoms with Crippen LogP contribution in [0.1, 0.15) is 19.4 Å². The maximum absolute atomic E-state index is 10.8. The van der Waals surface area contributed by atoms with Crippen molar-refractivity contribution in [1.82, 2.24) is 0 Å². The zero-order chi connectivity index (χ0) is 11.3. The first-order valence-electron chi connectivity index (χ1n) is 4.74. The molecule has 3 heteroatoms. The van der Waals surface area contributed by atoms with Crippen LogP contribution in [0.15, 0.2) is 28.7 Å². The molecule has 15 heavy (non-hydrogen) atoms. The van der Waals surface area contributed by atoms with Crippen molar-refractivity contribution in [2.45, 2.75) is 13.8 Å². The molecule has 0 N–H and O–H groups in total. The number of carbonyl (C=O) groups excluding carboxylic acids is 1. The van der Waals surface area contributed by atoms with Crippen LogP contribution in [-0.4, -0.2) is 12.4 Å². The Balaban J connectivity index is 3.01. The average molecular weight is 269 g/mol. The molecule has 1 rings (SSSR count). The molecule has 0 aliphatic rings. The largest absolute Gasteiger partial charge is 0.493 e. The Bertz CT molecular complexity index is 383. The lowest BCUT2D eigenvalue weighted by atomic mass is 10.2. The molecular weight excluding hydrogens is 256 g/mol. The van der Waals surface area contributed by atoms with Crippen LogP contribution in [0.3, 0.4) is 0 Å². The molecule has 0 amide bonds. The summed E-state index contributed by atoms with van der Waals surface area (Å²) in [6, 6.07) is 5.72. The first kappa shape index (κ1) is 12.0. The number of ketones is 1. The van der Waals surface area contributed by atoms with Crippen molar-refractivity contribution in [1.29, 1.82) is 0 Å². The second kappa shape index (κ2) is 5.71. The van der Waals surface area contributed by atoms with Crippen LogP contribution in [0.5, 0.6) is 5.75 Å². The van der Waals surface area contributed by atoms with E-state index < -0.39 is 0 Å². The molecule has 0 radical (unpaired) electrons. The summed E-state index contributed by atoms with van der Waals surface area (Å²) in [5, 5.41) is 0. The molecule has 1 aromatic rings. The van der Waals surface area contributed by atoms with E-state index in [0.717, 1.165) is 15.8 Å². The first-order valence-corrected chi connectivity index (χ1v) is 5.53. The maximum Gasteiger partial charge on any atom is 0.152 e. The molecule has 1 aromatic carbocycles. The van der Waals surface area contributed by atoms with E-state index in [1.807, 2.05) is 25.1 Å². The highest BCUT2D eigenvalue weighted by Gasteiger charge is 2.00. The van der Waals surface area contributed by atoms with Gasteiger partial charge in [0.25, 0.3) is 0 Å². The van der Waals surface area contributed by atoms with Crippen LogP contribution in [0.2, 0.25) is 0 Å². The minimum absolute atomic E-state index is 0.0254. The molecule has 2 nitrogen and oxygen atoms in total.